The maximum Gasteiger partial charge on any atom is 0.238 e. The molecule has 0 saturated carbocycles. The summed E-state index contributed by atoms with van der Waals surface area (Å²) in [6, 6.07) is 109. The number of fused-ring (bicyclic) bond motifs is 12. The van der Waals surface area contributed by atoms with Crippen LogP contribution < -0.4 is 0 Å². The van der Waals surface area contributed by atoms with Gasteiger partial charge in [-0.3, -0.25) is 14.5 Å². The third-order valence-electron chi connectivity index (χ3n) is 18.3. The zero-order chi connectivity index (χ0) is 62.1. The number of benzene rings is 12. The molecule has 19 rings (SSSR count). The van der Waals surface area contributed by atoms with Gasteiger partial charge in [-0.1, -0.05) is 224 Å². The van der Waals surface area contributed by atoms with E-state index >= 15 is 0 Å². The highest BCUT2D eigenvalue weighted by molar-refractivity contribution is 6.17. The standard InChI is InChI=1S/C44H28N6.C41H27N3/c1-4-14-29(15-5-1)42-46-43(30-16-6-2-7-17-30)48-44(47-42)50-39-23-13-10-20-33(39)35-26-31(24-25-40(35)50)36-27-45-28-37-34-21-11-12-22-38(34)49(41(36)37)32-18-8-3-9-19-32;1-3-11-28(12-4-1)29-19-22-32(23-20-29)43-38-17-9-7-15-33(38)35-25-30(21-24-40(35)43)36-26-42-27-37-34-16-8-10-18-39(34)44(41(36)37)31-13-5-2-6-14-31/h1-28H;1-27H. The van der Waals surface area contributed by atoms with Crippen LogP contribution in [0.5, 0.6) is 0 Å². The summed E-state index contributed by atoms with van der Waals surface area (Å²) in [5.74, 6) is 1.83. The van der Waals surface area contributed by atoms with E-state index in [1.54, 1.807) is 0 Å². The fraction of sp³-hybridized carbons (Fsp3) is 0. The van der Waals surface area contributed by atoms with Gasteiger partial charge in [-0.15, -0.1) is 0 Å². The number of pyridine rings is 2. The lowest BCUT2D eigenvalue weighted by Gasteiger charge is -2.12. The molecule has 94 heavy (non-hydrogen) atoms. The molecular weight excluding hydrogens is 1150 g/mol. The predicted octanol–water partition coefficient (Wildman–Crippen LogP) is 21.1. The zero-order valence-electron chi connectivity index (χ0n) is 50.8. The van der Waals surface area contributed by atoms with Crippen molar-refractivity contribution in [2.45, 2.75) is 0 Å². The molecule has 7 heterocycles. The van der Waals surface area contributed by atoms with Crippen molar-refractivity contribution in [1.82, 2.24) is 43.2 Å². The molecule has 0 bridgehead atoms. The molecule has 440 valence electrons. The fourth-order valence-electron chi connectivity index (χ4n) is 14.0. The van der Waals surface area contributed by atoms with Gasteiger partial charge in [-0.2, -0.15) is 9.97 Å². The third-order valence-corrected chi connectivity index (χ3v) is 18.3. The number of para-hydroxylation sites is 6. The molecule has 0 spiro atoms. The Hall–Kier alpha value is -12.9. The van der Waals surface area contributed by atoms with Crippen molar-refractivity contribution in [1.29, 1.82) is 0 Å². The van der Waals surface area contributed by atoms with Crippen LogP contribution in [0.4, 0.5) is 0 Å². The summed E-state index contributed by atoms with van der Waals surface area (Å²) in [5.41, 5.74) is 21.2. The predicted molar refractivity (Wildman–Crippen MR) is 386 cm³/mol. The van der Waals surface area contributed by atoms with Crippen molar-refractivity contribution in [3.05, 3.63) is 334 Å². The maximum absolute atomic E-state index is 5.09. The number of hydrogen-bond donors (Lipinski definition) is 0. The van der Waals surface area contributed by atoms with Crippen LogP contribution in [0.1, 0.15) is 0 Å². The Morgan fingerprint density at radius 1 is 0.202 bits per heavy atom. The van der Waals surface area contributed by atoms with Crippen molar-refractivity contribution in [2.24, 2.45) is 0 Å². The molecule has 9 nitrogen and oxygen atoms in total. The molecule has 0 atom stereocenters. The van der Waals surface area contributed by atoms with Gasteiger partial charge in [0.15, 0.2) is 11.6 Å². The summed E-state index contributed by atoms with van der Waals surface area (Å²) in [4.78, 5) is 24.6. The van der Waals surface area contributed by atoms with Gasteiger partial charge in [0, 0.05) is 107 Å². The molecular formula is C85H55N9. The number of rotatable bonds is 9. The lowest BCUT2D eigenvalue weighted by molar-refractivity contribution is 0.953. The van der Waals surface area contributed by atoms with E-state index in [1.165, 1.54) is 54.7 Å². The van der Waals surface area contributed by atoms with Crippen LogP contribution >= 0.6 is 0 Å². The fourth-order valence-corrected chi connectivity index (χ4v) is 14.0. The van der Waals surface area contributed by atoms with Crippen molar-refractivity contribution in [3.8, 4) is 79.2 Å². The topological polar surface area (TPSA) is 84.2 Å². The van der Waals surface area contributed by atoms with Crippen molar-refractivity contribution >= 4 is 87.2 Å². The SMILES string of the molecule is c1ccc(-c2ccc(-n3c4ccccc4c4cc(-c5cncc6c7ccccc7n(-c7ccccc7)c56)ccc43)cc2)cc1.c1ccc(-c2nc(-c3ccccc3)nc(-n3c4ccccc4c4cc(-c5cncc6c7ccccc7n(-c7ccccc7)c56)ccc43)n2)cc1. The summed E-state index contributed by atoms with van der Waals surface area (Å²) >= 11 is 0. The molecule has 0 amide bonds. The first-order chi connectivity index (χ1) is 46.7. The van der Waals surface area contributed by atoms with Crippen LogP contribution in [0.2, 0.25) is 0 Å². The molecule has 19 aromatic rings. The average Bonchev–Trinajstić information content (AvgIpc) is 1.60. The van der Waals surface area contributed by atoms with E-state index in [1.807, 2.05) is 85.5 Å². The molecule has 9 heteroatoms. The van der Waals surface area contributed by atoms with E-state index < -0.39 is 0 Å². The van der Waals surface area contributed by atoms with E-state index in [0.29, 0.717) is 17.6 Å². The molecule has 0 aliphatic rings. The smallest absolute Gasteiger partial charge is 0.238 e. The second-order valence-electron chi connectivity index (χ2n) is 23.6. The molecule has 0 fully saturated rings. The number of hydrogen-bond acceptors (Lipinski definition) is 5. The first-order valence-corrected chi connectivity index (χ1v) is 31.6. The van der Waals surface area contributed by atoms with Crippen LogP contribution in [0, 0.1) is 0 Å². The van der Waals surface area contributed by atoms with Gasteiger partial charge in [0.05, 0.1) is 44.1 Å². The minimum Gasteiger partial charge on any atom is -0.309 e. The molecule has 0 aliphatic heterocycles. The summed E-state index contributed by atoms with van der Waals surface area (Å²) in [6.07, 6.45) is 8.00. The second-order valence-corrected chi connectivity index (χ2v) is 23.6. The monoisotopic (exact) mass is 1200 g/mol. The second kappa shape index (κ2) is 22.6. The minimum atomic E-state index is 0.574. The van der Waals surface area contributed by atoms with E-state index in [0.717, 1.165) is 94.1 Å². The van der Waals surface area contributed by atoms with Gasteiger partial charge < -0.3 is 13.7 Å². The maximum atomic E-state index is 5.09. The van der Waals surface area contributed by atoms with E-state index in [4.69, 9.17) is 24.9 Å². The van der Waals surface area contributed by atoms with Crippen LogP contribution in [-0.2, 0) is 0 Å². The molecule has 7 aromatic heterocycles. The average molecular weight is 1200 g/mol. The Bertz CT molecular complexity index is 6020. The van der Waals surface area contributed by atoms with Gasteiger partial charge in [-0.25, -0.2) is 4.98 Å². The van der Waals surface area contributed by atoms with Gasteiger partial charge in [0.1, 0.15) is 0 Å². The van der Waals surface area contributed by atoms with Gasteiger partial charge >= 0.3 is 0 Å². The Labute approximate surface area is 540 Å². The molecule has 0 N–H and O–H groups in total. The Morgan fingerprint density at radius 3 is 0.968 bits per heavy atom. The summed E-state index contributed by atoms with van der Waals surface area (Å²) < 4.78 is 9.28. The summed E-state index contributed by atoms with van der Waals surface area (Å²) in [5, 5.41) is 9.36. The molecule has 0 aliphatic carbocycles. The molecule has 12 aromatic carbocycles. The van der Waals surface area contributed by atoms with Crippen molar-refractivity contribution < 1.29 is 0 Å². The zero-order valence-corrected chi connectivity index (χ0v) is 50.8. The van der Waals surface area contributed by atoms with E-state index in [2.05, 4.69) is 267 Å². The molecule has 0 saturated heterocycles. The number of nitrogens with zero attached hydrogens (tertiary/aromatic N) is 9. The highest BCUT2D eigenvalue weighted by Gasteiger charge is 2.23. The lowest BCUT2D eigenvalue weighted by atomic mass is 10.0. The van der Waals surface area contributed by atoms with Crippen molar-refractivity contribution in [2.75, 3.05) is 0 Å². The van der Waals surface area contributed by atoms with Gasteiger partial charge in [0.25, 0.3) is 0 Å². The minimum absolute atomic E-state index is 0.574. The Balaban J connectivity index is 0.000000139. The summed E-state index contributed by atoms with van der Waals surface area (Å²) in [6.45, 7) is 0. The van der Waals surface area contributed by atoms with Crippen LogP contribution in [0.25, 0.3) is 166 Å². The van der Waals surface area contributed by atoms with E-state index in [9.17, 15) is 0 Å². The first kappa shape index (κ1) is 54.1. The van der Waals surface area contributed by atoms with Crippen LogP contribution in [0.3, 0.4) is 0 Å². The van der Waals surface area contributed by atoms with Gasteiger partial charge in [-0.05, 0) is 107 Å². The summed E-state index contributed by atoms with van der Waals surface area (Å²) in [7, 11) is 0. The quantitative estimate of drug-likeness (QED) is 0.144. The van der Waals surface area contributed by atoms with Crippen LogP contribution in [-0.4, -0.2) is 43.2 Å². The Kier molecular flexibility index (Phi) is 13.0. The highest BCUT2D eigenvalue weighted by atomic mass is 15.2. The highest BCUT2D eigenvalue weighted by Crippen LogP contribution is 2.43. The third kappa shape index (κ3) is 9.05. The largest absolute Gasteiger partial charge is 0.309 e. The molecule has 0 radical (unpaired) electrons. The van der Waals surface area contributed by atoms with Gasteiger partial charge in [0.2, 0.25) is 5.95 Å². The number of aromatic nitrogens is 9. The van der Waals surface area contributed by atoms with Crippen LogP contribution in [0.15, 0.2) is 334 Å². The first-order valence-electron chi connectivity index (χ1n) is 31.6. The van der Waals surface area contributed by atoms with Crippen molar-refractivity contribution in [3.63, 3.8) is 0 Å². The normalized spacial score (nSPS) is 11.6. The van der Waals surface area contributed by atoms with E-state index in [-0.39, 0.29) is 0 Å². The molecule has 0 unspecified atom stereocenters. The Morgan fingerprint density at radius 2 is 0.521 bits per heavy atom. The lowest BCUT2D eigenvalue weighted by Crippen LogP contribution is -2.06.